The van der Waals surface area contributed by atoms with Gasteiger partial charge in [-0.25, -0.2) is 17.9 Å². The Labute approximate surface area is 104 Å². The number of carbonyl (C=O) groups is 1. The van der Waals surface area contributed by atoms with E-state index in [-0.39, 0.29) is 16.5 Å². The molecule has 1 saturated carbocycles. The van der Waals surface area contributed by atoms with E-state index in [0.717, 1.165) is 31.0 Å². The summed E-state index contributed by atoms with van der Waals surface area (Å²) in [6.45, 7) is 0. The highest BCUT2D eigenvalue weighted by molar-refractivity contribution is 7.89. The Morgan fingerprint density at radius 2 is 2.06 bits per heavy atom. The van der Waals surface area contributed by atoms with Crippen LogP contribution in [-0.4, -0.2) is 32.3 Å². The van der Waals surface area contributed by atoms with Gasteiger partial charge in [-0.1, -0.05) is 0 Å². The van der Waals surface area contributed by atoms with Crippen LogP contribution in [0.4, 0.5) is 4.39 Å². The summed E-state index contributed by atoms with van der Waals surface area (Å²) < 4.78 is 35.8. The molecule has 1 fully saturated rings. The van der Waals surface area contributed by atoms with Crippen molar-refractivity contribution >= 4 is 15.9 Å². The first-order chi connectivity index (χ1) is 8.30. The Bertz CT molecular complexity index is 596. The van der Waals surface area contributed by atoms with Crippen LogP contribution in [-0.2, 0) is 10.0 Å². The molecule has 1 aliphatic carbocycles. The van der Waals surface area contributed by atoms with E-state index in [0.29, 0.717) is 0 Å². The summed E-state index contributed by atoms with van der Waals surface area (Å²) in [6, 6.07) is 3.21. The highest BCUT2D eigenvalue weighted by Gasteiger charge is 2.31. The van der Waals surface area contributed by atoms with Gasteiger partial charge in [0.1, 0.15) is 5.82 Å². The summed E-state index contributed by atoms with van der Waals surface area (Å²) in [5.41, 5.74) is -0.142. The van der Waals surface area contributed by atoms with Gasteiger partial charge in [0.2, 0.25) is 10.0 Å². The third-order valence-corrected chi connectivity index (χ3v) is 3.83. The topological polar surface area (TPSA) is 80.5 Å². The molecule has 2 rings (SSSR count). The molecule has 0 aromatic heterocycles. The number of nitrogens with two attached hydrogens (primary N) is 1. The number of hydrogen-bond acceptors (Lipinski definition) is 3. The van der Waals surface area contributed by atoms with Crippen molar-refractivity contribution in [1.29, 1.82) is 0 Å². The van der Waals surface area contributed by atoms with Gasteiger partial charge in [-0.3, -0.25) is 4.79 Å². The molecule has 0 radical (unpaired) electrons. The lowest BCUT2D eigenvalue weighted by atomic mass is 10.2. The Balaban J connectivity index is 2.32. The monoisotopic (exact) mass is 272 g/mol. The van der Waals surface area contributed by atoms with Crippen molar-refractivity contribution in [2.24, 2.45) is 5.14 Å². The maximum atomic E-state index is 13.7. The largest absolute Gasteiger partial charge is 0.339 e. The maximum Gasteiger partial charge on any atom is 0.256 e. The molecule has 2 N–H and O–H groups in total. The van der Waals surface area contributed by atoms with E-state index in [1.165, 1.54) is 4.90 Å². The molecular weight excluding hydrogens is 259 g/mol. The average molecular weight is 272 g/mol. The maximum absolute atomic E-state index is 13.7. The minimum atomic E-state index is -3.96. The zero-order valence-corrected chi connectivity index (χ0v) is 10.6. The normalized spacial score (nSPS) is 15.5. The van der Waals surface area contributed by atoms with Crippen LogP contribution < -0.4 is 5.14 Å². The minimum absolute atomic E-state index is 0.142. The standard InChI is InChI=1S/C11H13FN2O3S/c1-14(7-2-3-7)11(15)9-5-4-8(6-10(9)12)18(13,16)17/h4-7H,2-3H2,1H3,(H2,13,16,17). The smallest absolute Gasteiger partial charge is 0.256 e. The first-order valence-electron chi connectivity index (χ1n) is 5.40. The molecule has 0 bridgehead atoms. The second-order valence-electron chi connectivity index (χ2n) is 4.33. The number of nitrogens with zero attached hydrogens (tertiary/aromatic N) is 1. The molecule has 1 aromatic rings. The Morgan fingerprint density at radius 1 is 1.44 bits per heavy atom. The van der Waals surface area contributed by atoms with Crippen molar-refractivity contribution in [3.63, 3.8) is 0 Å². The molecule has 0 unspecified atom stereocenters. The van der Waals surface area contributed by atoms with Crippen molar-refractivity contribution in [3.8, 4) is 0 Å². The molecule has 98 valence electrons. The summed E-state index contributed by atoms with van der Waals surface area (Å²) in [7, 11) is -2.35. The van der Waals surface area contributed by atoms with Gasteiger partial charge in [0.05, 0.1) is 10.5 Å². The predicted octanol–water partition coefficient (Wildman–Crippen LogP) is 0.708. The summed E-state index contributed by atoms with van der Waals surface area (Å²) in [6.07, 6.45) is 1.83. The molecule has 0 heterocycles. The minimum Gasteiger partial charge on any atom is -0.339 e. The fourth-order valence-corrected chi connectivity index (χ4v) is 2.19. The van der Waals surface area contributed by atoms with Crippen molar-refractivity contribution < 1.29 is 17.6 Å². The number of amides is 1. The molecule has 0 spiro atoms. The van der Waals surface area contributed by atoms with Gasteiger partial charge in [-0.2, -0.15) is 0 Å². The summed E-state index contributed by atoms with van der Waals surface area (Å²) in [4.78, 5) is 13.0. The molecule has 0 aliphatic heterocycles. The van der Waals surface area contributed by atoms with Gasteiger partial charge < -0.3 is 4.90 Å². The fraction of sp³-hybridized carbons (Fsp3) is 0.364. The van der Waals surface area contributed by atoms with E-state index in [1.807, 2.05) is 0 Å². The van der Waals surface area contributed by atoms with Crippen LogP contribution >= 0.6 is 0 Å². The number of rotatable bonds is 3. The van der Waals surface area contributed by atoms with Crippen LogP contribution in [0.1, 0.15) is 23.2 Å². The van der Waals surface area contributed by atoms with E-state index in [9.17, 15) is 17.6 Å². The fourth-order valence-electron chi connectivity index (χ4n) is 1.66. The highest BCUT2D eigenvalue weighted by atomic mass is 32.2. The van der Waals surface area contributed by atoms with Crippen molar-refractivity contribution in [3.05, 3.63) is 29.6 Å². The zero-order valence-electron chi connectivity index (χ0n) is 9.76. The lowest BCUT2D eigenvalue weighted by Gasteiger charge is -2.16. The molecule has 1 amide bonds. The van der Waals surface area contributed by atoms with Gasteiger partial charge in [-0.15, -0.1) is 0 Å². The second kappa shape index (κ2) is 4.33. The van der Waals surface area contributed by atoms with Gasteiger partial charge in [0.15, 0.2) is 0 Å². The zero-order chi connectivity index (χ0) is 13.5. The first-order valence-corrected chi connectivity index (χ1v) is 6.95. The van der Waals surface area contributed by atoms with Crippen molar-refractivity contribution in [1.82, 2.24) is 4.90 Å². The molecule has 1 aromatic carbocycles. The summed E-state index contributed by atoms with van der Waals surface area (Å²) >= 11 is 0. The van der Waals surface area contributed by atoms with E-state index in [1.54, 1.807) is 7.05 Å². The van der Waals surface area contributed by atoms with Crippen LogP contribution in [0.25, 0.3) is 0 Å². The molecule has 7 heteroatoms. The third-order valence-electron chi connectivity index (χ3n) is 2.91. The van der Waals surface area contributed by atoms with E-state index in [2.05, 4.69) is 0 Å². The molecular formula is C11H13FN2O3S. The quantitative estimate of drug-likeness (QED) is 0.879. The van der Waals surface area contributed by atoms with Crippen LogP contribution in [0.2, 0.25) is 0 Å². The van der Waals surface area contributed by atoms with Crippen LogP contribution in [0.15, 0.2) is 23.1 Å². The Kier molecular flexibility index (Phi) is 3.12. The number of carbonyl (C=O) groups excluding carboxylic acids is 1. The number of hydrogen-bond donors (Lipinski definition) is 1. The third kappa shape index (κ3) is 2.51. The summed E-state index contributed by atoms with van der Waals surface area (Å²) in [5, 5.41) is 4.88. The van der Waals surface area contributed by atoms with Gasteiger partial charge in [0, 0.05) is 13.1 Å². The lowest BCUT2D eigenvalue weighted by Crippen LogP contribution is -2.29. The molecule has 0 atom stereocenters. The van der Waals surface area contributed by atoms with E-state index >= 15 is 0 Å². The van der Waals surface area contributed by atoms with Crippen LogP contribution in [0, 0.1) is 5.82 Å². The molecule has 1 aliphatic rings. The van der Waals surface area contributed by atoms with Crippen molar-refractivity contribution in [2.75, 3.05) is 7.05 Å². The van der Waals surface area contributed by atoms with E-state index in [4.69, 9.17) is 5.14 Å². The summed E-state index contributed by atoms with van der Waals surface area (Å²) in [5.74, 6) is -1.32. The van der Waals surface area contributed by atoms with Crippen LogP contribution in [0.3, 0.4) is 0 Å². The van der Waals surface area contributed by atoms with Crippen LogP contribution in [0.5, 0.6) is 0 Å². The molecule has 0 saturated heterocycles. The lowest BCUT2D eigenvalue weighted by molar-refractivity contribution is 0.0780. The number of benzene rings is 1. The van der Waals surface area contributed by atoms with Crippen molar-refractivity contribution in [2.45, 2.75) is 23.8 Å². The van der Waals surface area contributed by atoms with Gasteiger partial charge >= 0.3 is 0 Å². The average Bonchev–Trinajstić information content (AvgIpc) is 3.09. The van der Waals surface area contributed by atoms with Gasteiger partial charge in [0.25, 0.3) is 5.91 Å². The Morgan fingerprint density at radius 3 is 2.50 bits per heavy atom. The molecule has 18 heavy (non-hydrogen) atoms. The number of sulfonamides is 1. The Hall–Kier alpha value is -1.47. The number of halogens is 1. The molecule has 5 nitrogen and oxygen atoms in total. The highest BCUT2D eigenvalue weighted by Crippen LogP contribution is 2.27. The van der Waals surface area contributed by atoms with E-state index < -0.39 is 21.7 Å². The number of primary sulfonamides is 1. The predicted molar refractivity (Wildman–Crippen MR) is 62.9 cm³/mol. The first kappa shape index (κ1) is 13.0. The SMILES string of the molecule is CN(C(=O)c1ccc(S(N)(=O)=O)cc1F)C1CC1. The van der Waals surface area contributed by atoms with Gasteiger partial charge in [-0.05, 0) is 31.0 Å². The second-order valence-corrected chi connectivity index (χ2v) is 5.90.